The number of nitrogens with one attached hydrogen (secondary N) is 2. The Balaban J connectivity index is 0.000000281. The van der Waals surface area contributed by atoms with Gasteiger partial charge in [-0.05, 0) is 36.0 Å². The van der Waals surface area contributed by atoms with Crippen molar-refractivity contribution in [3.63, 3.8) is 0 Å². The highest BCUT2D eigenvalue weighted by atomic mass is 32.2. The van der Waals surface area contributed by atoms with Crippen molar-refractivity contribution in [3.05, 3.63) is 48.2 Å². The van der Waals surface area contributed by atoms with E-state index in [2.05, 4.69) is 41.3 Å². The van der Waals surface area contributed by atoms with Gasteiger partial charge < -0.3 is 15.4 Å². The fourth-order valence-corrected chi connectivity index (χ4v) is 3.89. The van der Waals surface area contributed by atoms with Crippen molar-refractivity contribution >= 4 is 23.1 Å². The van der Waals surface area contributed by atoms with E-state index in [1.165, 1.54) is 28.1 Å². The van der Waals surface area contributed by atoms with Crippen molar-refractivity contribution in [2.24, 2.45) is 5.92 Å². The molecule has 0 spiro atoms. The fourth-order valence-electron chi connectivity index (χ4n) is 3.80. The summed E-state index contributed by atoms with van der Waals surface area (Å²) in [6.45, 7) is 8.54. The number of aliphatic hydroxyl groups excluding tert-OH is 1. The molecule has 3 nitrogen and oxygen atoms in total. The van der Waals surface area contributed by atoms with Gasteiger partial charge in [-0.15, -0.1) is 6.58 Å². The average Bonchev–Trinajstić information content (AvgIpc) is 3.09. The van der Waals surface area contributed by atoms with Crippen LogP contribution in [0, 0.1) is 5.92 Å². The van der Waals surface area contributed by atoms with Crippen LogP contribution in [-0.2, 0) is 6.42 Å². The number of aromatic nitrogens is 1. The van der Waals surface area contributed by atoms with Gasteiger partial charge in [0.1, 0.15) is 0 Å². The van der Waals surface area contributed by atoms with Crippen molar-refractivity contribution in [1.29, 1.82) is 0 Å². The van der Waals surface area contributed by atoms with E-state index in [-0.39, 0.29) is 12.1 Å². The number of fused-ring (bicyclic) bond motifs is 2. The van der Waals surface area contributed by atoms with Gasteiger partial charge in [-0.2, -0.15) is 3.89 Å². The second kappa shape index (κ2) is 10.00. The number of aromatic amines is 1. The summed E-state index contributed by atoms with van der Waals surface area (Å²) in [6, 6.07) is 7.10. The molecule has 2 aliphatic rings. The SMILES string of the molecule is C=CCSF.CC.OCC1CNC2Cc3c[nH]c4cccc(c34)[C@H]2C1. The minimum absolute atomic E-state index is 0.284. The maximum atomic E-state index is 10.8. The van der Waals surface area contributed by atoms with E-state index in [1.807, 2.05) is 13.8 Å². The quantitative estimate of drug-likeness (QED) is 0.698. The van der Waals surface area contributed by atoms with Gasteiger partial charge in [-0.3, -0.25) is 0 Å². The Hall–Kier alpha value is -1.30. The third-order valence-corrected chi connectivity index (χ3v) is 5.20. The van der Waals surface area contributed by atoms with Crippen LogP contribution >= 0.6 is 12.1 Å². The van der Waals surface area contributed by atoms with Gasteiger partial charge in [0.05, 0.1) is 0 Å². The molecule has 1 fully saturated rings. The van der Waals surface area contributed by atoms with Crippen LogP contribution in [-0.4, -0.2) is 35.0 Å². The second-order valence-electron chi connectivity index (χ2n) is 6.26. The van der Waals surface area contributed by atoms with Crippen LogP contribution in [0.15, 0.2) is 37.1 Å². The fraction of sp³-hybridized carbons (Fsp3) is 0.500. The molecule has 3 atom stereocenters. The molecule has 2 heterocycles. The number of piperidine rings is 1. The zero-order chi connectivity index (χ0) is 18.2. The van der Waals surface area contributed by atoms with Crippen molar-refractivity contribution in [3.8, 4) is 0 Å². The summed E-state index contributed by atoms with van der Waals surface area (Å²) in [7, 11) is 0. The van der Waals surface area contributed by atoms with E-state index in [4.69, 9.17) is 0 Å². The topological polar surface area (TPSA) is 48.0 Å². The standard InChI is InChI=1S/C15H18N2O.C3H5FS.C2H6/c18-8-9-4-12-11-2-1-3-13-15(11)10(7-17-13)5-14(12)16-6-9;1-2-3-5-4;1-2/h1-3,7,9,12,14,16-18H,4-6,8H2;2H,1,3H2;1-2H3/t9?,12-,14?;;/m1../s1. The minimum atomic E-state index is 0.284. The Morgan fingerprint density at radius 1 is 1.40 bits per heavy atom. The molecule has 5 heteroatoms. The van der Waals surface area contributed by atoms with E-state index in [0.29, 0.717) is 30.2 Å². The monoisotopic (exact) mass is 364 g/mol. The first-order valence-electron chi connectivity index (χ1n) is 9.06. The number of H-pyrrole nitrogens is 1. The lowest BCUT2D eigenvalue weighted by Crippen LogP contribution is -2.47. The molecule has 0 amide bonds. The molecule has 25 heavy (non-hydrogen) atoms. The lowest BCUT2D eigenvalue weighted by molar-refractivity contribution is 0.168. The molecular formula is C20H29FN2OS. The zero-order valence-corrected chi connectivity index (χ0v) is 15.9. The minimum Gasteiger partial charge on any atom is -0.396 e. The second-order valence-corrected chi connectivity index (χ2v) is 6.81. The Labute approximate surface area is 154 Å². The maximum Gasteiger partial charge on any atom is 0.0484 e. The average molecular weight is 365 g/mol. The Morgan fingerprint density at radius 3 is 2.84 bits per heavy atom. The molecule has 0 radical (unpaired) electrons. The van der Waals surface area contributed by atoms with Crippen molar-refractivity contribution in [1.82, 2.24) is 10.3 Å². The largest absolute Gasteiger partial charge is 0.396 e. The van der Waals surface area contributed by atoms with E-state index >= 15 is 0 Å². The predicted octanol–water partition coefficient (Wildman–Crippen LogP) is 4.59. The molecule has 0 bridgehead atoms. The molecule has 1 aliphatic heterocycles. The molecule has 138 valence electrons. The summed E-state index contributed by atoms with van der Waals surface area (Å²) in [5.74, 6) is 1.37. The number of aliphatic hydroxyl groups is 1. The molecule has 3 N–H and O–H groups in total. The Bertz CT molecular complexity index is 673. The molecule has 1 aromatic heterocycles. The van der Waals surface area contributed by atoms with E-state index in [9.17, 15) is 8.99 Å². The maximum absolute atomic E-state index is 10.8. The van der Waals surface area contributed by atoms with E-state index < -0.39 is 0 Å². The highest BCUT2D eigenvalue weighted by molar-refractivity contribution is 7.94. The van der Waals surface area contributed by atoms with Crippen LogP contribution in [0.25, 0.3) is 10.9 Å². The smallest absolute Gasteiger partial charge is 0.0484 e. The first kappa shape index (κ1) is 20.0. The first-order valence-corrected chi connectivity index (χ1v) is 9.94. The van der Waals surface area contributed by atoms with Crippen LogP contribution in [0.5, 0.6) is 0 Å². The highest BCUT2D eigenvalue weighted by Crippen LogP contribution is 2.41. The van der Waals surface area contributed by atoms with Gasteiger partial charge in [0, 0.05) is 60.1 Å². The van der Waals surface area contributed by atoms with Crippen molar-refractivity contribution in [2.45, 2.75) is 38.6 Å². The summed E-state index contributed by atoms with van der Waals surface area (Å²) in [5.41, 5.74) is 4.16. The van der Waals surface area contributed by atoms with Gasteiger partial charge in [0.2, 0.25) is 0 Å². The van der Waals surface area contributed by atoms with Crippen molar-refractivity contribution < 1.29 is 8.99 Å². The number of halogens is 1. The van der Waals surface area contributed by atoms with E-state index in [1.54, 1.807) is 0 Å². The van der Waals surface area contributed by atoms with Crippen LogP contribution in [0.4, 0.5) is 3.89 Å². The number of benzene rings is 1. The summed E-state index contributed by atoms with van der Waals surface area (Å²) >= 11 is 0.284. The molecule has 1 saturated heterocycles. The lowest BCUT2D eigenvalue weighted by atomic mass is 9.73. The van der Waals surface area contributed by atoms with Crippen molar-refractivity contribution in [2.75, 3.05) is 18.9 Å². The van der Waals surface area contributed by atoms with Crippen LogP contribution in [0.2, 0.25) is 0 Å². The third kappa shape index (κ3) is 4.46. The Morgan fingerprint density at radius 2 is 2.20 bits per heavy atom. The van der Waals surface area contributed by atoms with Gasteiger partial charge in [0.25, 0.3) is 0 Å². The Kier molecular flexibility index (Phi) is 8.00. The molecule has 0 saturated carbocycles. The summed E-state index contributed by atoms with van der Waals surface area (Å²) in [4.78, 5) is 3.38. The number of rotatable bonds is 3. The van der Waals surface area contributed by atoms with Gasteiger partial charge in [-0.25, -0.2) is 0 Å². The van der Waals surface area contributed by atoms with Crippen LogP contribution in [0.3, 0.4) is 0 Å². The summed E-state index contributed by atoms with van der Waals surface area (Å²) in [6.07, 6.45) is 5.90. The molecule has 4 rings (SSSR count). The molecule has 2 aromatic rings. The van der Waals surface area contributed by atoms with E-state index in [0.717, 1.165) is 19.4 Å². The van der Waals surface area contributed by atoms with Gasteiger partial charge >= 0.3 is 0 Å². The zero-order valence-electron chi connectivity index (χ0n) is 15.1. The van der Waals surface area contributed by atoms with Gasteiger partial charge in [0.15, 0.2) is 0 Å². The summed E-state index contributed by atoms with van der Waals surface area (Å²) in [5, 5.41) is 14.4. The molecular weight excluding hydrogens is 335 g/mol. The van der Waals surface area contributed by atoms with Gasteiger partial charge in [-0.1, -0.05) is 32.1 Å². The number of hydrogen-bond donors (Lipinski definition) is 3. The van der Waals surface area contributed by atoms with Crippen LogP contribution < -0.4 is 5.32 Å². The normalized spacial score (nSPS) is 23.6. The number of hydrogen-bond acceptors (Lipinski definition) is 3. The predicted molar refractivity (Wildman–Crippen MR) is 107 cm³/mol. The highest BCUT2D eigenvalue weighted by Gasteiger charge is 2.35. The molecule has 1 aliphatic carbocycles. The first-order chi connectivity index (χ1) is 12.3. The summed E-state index contributed by atoms with van der Waals surface area (Å²) < 4.78 is 10.8. The third-order valence-electron chi connectivity index (χ3n) is 4.84. The molecule has 2 unspecified atom stereocenters. The van der Waals surface area contributed by atoms with Crippen LogP contribution in [0.1, 0.15) is 37.3 Å². The molecule has 1 aromatic carbocycles. The lowest BCUT2D eigenvalue weighted by Gasteiger charge is -2.39.